The van der Waals surface area contributed by atoms with Crippen LogP contribution in [0.2, 0.25) is 5.02 Å². The SMILES string of the molecule is Clc1cccc(N2N=C(c3cccs3)C[C@@H]2c2cccs2)c1. The van der Waals surface area contributed by atoms with E-state index in [1.807, 2.05) is 18.2 Å². The van der Waals surface area contributed by atoms with Gasteiger partial charge in [0.1, 0.15) is 0 Å². The van der Waals surface area contributed by atoms with Crippen LogP contribution in [0.15, 0.2) is 64.4 Å². The van der Waals surface area contributed by atoms with Crippen LogP contribution in [0.25, 0.3) is 0 Å². The van der Waals surface area contributed by atoms with Crippen LogP contribution in [0.3, 0.4) is 0 Å². The zero-order chi connectivity index (χ0) is 14.9. The standard InChI is InChI=1S/C17H13ClN2S2/c18-12-4-1-5-13(10-12)20-15(17-7-3-9-22-17)11-14(19-20)16-6-2-8-21-16/h1-10,15H,11H2/t15-/m1/s1. The molecule has 0 bridgehead atoms. The van der Waals surface area contributed by atoms with Gasteiger partial charge in [-0.3, -0.25) is 5.01 Å². The molecule has 110 valence electrons. The zero-order valence-electron chi connectivity index (χ0n) is 11.6. The molecule has 0 amide bonds. The van der Waals surface area contributed by atoms with Gasteiger partial charge in [0.2, 0.25) is 0 Å². The van der Waals surface area contributed by atoms with Gasteiger partial charge in [-0.15, -0.1) is 22.7 Å². The van der Waals surface area contributed by atoms with E-state index in [9.17, 15) is 0 Å². The highest BCUT2D eigenvalue weighted by atomic mass is 35.5. The molecule has 0 unspecified atom stereocenters. The summed E-state index contributed by atoms with van der Waals surface area (Å²) in [5.74, 6) is 0. The Labute approximate surface area is 142 Å². The van der Waals surface area contributed by atoms with Gasteiger partial charge in [-0.2, -0.15) is 5.10 Å². The first kappa shape index (κ1) is 14.0. The summed E-state index contributed by atoms with van der Waals surface area (Å²) in [4.78, 5) is 2.57. The molecule has 0 fully saturated rings. The van der Waals surface area contributed by atoms with Gasteiger partial charge in [-0.05, 0) is 41.1 Å². The molecule has 22 heavy (non-hydrogen) atoms. The van der Waals surface area contributed by atoms with E-state index >= 15 is 0 Å². The predicted octanol–water partition coefficient (Wildman–Crippen LogP) is 5.82. The Bertz CT molecular complexity index is 794. The number of hydrazone groups is 1. The van der Waals surface area contributed by atoms with Crippen molar-refractivity contribution in [2.24, 2.45) is 5.10 Å². The van der Waals surface area contributed by atoms with Gasteiger partial charge in [-0.1, -0.05) is 29.8 Å². The van der Waals surface area contributed by atoms with Gasteiger partial charge in [0.25, 0.3) is 0 Å². The number of anilines is 1. The Morgan fingerprint density at radius 3 is 2.64 bits per heavy atom. The molecule has 0 radical (unpaired) electrons. The van der Waals surface area contributed by atoms with Gasteiger partial charge >= 0.3 is 0 Å². The van der Waals surface area contributed by atoms with Crippen molar-refractivity contribution in [1.29, 1.82) is 0 Å². The molecule has 1 aromatic carbocycles. The zero-order valence-corrected chi connectivity index (χ0v) is 14.0. The molecule has 1 aliphatic heterocycles. The minimum atomic E-state index is 0.246. The van der Waals surface area contributed by atoms with Crippen LogP contribution in [0.1, 0.15) is 22.2 Å². The average molecular weight is 345 g/mol. The summed E-state index contributed by atoms with van der Waals surface area (Å²) in [6, 6.07) is 16.6. The average Bonchev–Trinajstić information content (AvgIpc) is 3.27. The van der Waals surface area contributed by atoms with Crippen molar-refractivity contribution >= 4 is 45.7 Å². The maximum absolute atomic E-state index is 6.16. The molecular weight excluding hydrogens is 332 g/mol. The van der Waals surface area contributed by atoms with Crippen LogP contribution in [-0.2, 0) is 0 Å². The molecule has 0 saturated heterocycles. The maximum Gasteiger partial charge on any atom is 0.0924 e. The van der Waals surface area contributed by atoms with Gasteiger partial charge < -0.3 is 0 Å². The van der Waals surface area contributed by atoms with Crippen molar-refractivity contribution in [1.82, 2.24) is 0 Å². The third-order valence-electron chi connectivity index (χ3n) is 3.66. The second-order valence-electron chi connectivity index (χ2n) is 5.08. The van der Waals surface area contributed by atoms with Crippen LogP contribution in [0.5, 0.6) is 0 Å². The van der Waals surface area contributed by atoms with Crippen LogP contribution >= 0.6 is 34.3 Å². The van der Waals surface area contributed by atoms with E-state index in [1.165, 1.54) is 9.75 Å². The summed E-state index contributed by atoms with van der Waals surface area (Å²) >= 11 is 9.68. The van der Waals surface area contributed by atoms with Gasteiger partial charge in [-0.25, -0.2) is 0 Å². The predicted molar refractivity (Wildman–Crippen MR) is 96.5 cm³/mol. The molecule has 5 heteroatoms. The Morgan fingerprint density at radius 2 is 1.91 bits per heavy atom. The van der Waals surface area contributed by atoms with Crippen LogP contribution in [-0.4, -0.2) is 5.71 Å². The molecule has 3 aromatic rings. The molecule has 4 rings (SSSR count). The van der Waals surface area contributed by atoms with Crippen molar-refractivity contribution in [2.45, 2.75) is 12.5 Å². The van der Waals surface area contributed by atoms with E-state index in [4.69, 9.17) is 16.7 Å². The smallest absolute Gasteiger partial charge is 0.0924 e. The number of nitrogens with zero attached hydrogens (tertiary/aromatic N) is 2. The molecule has 0 aliphatic carbocycles. The summed E-state index contributed by atoms with van der Waals surface area (Å²) in [7, 11) is 0. The third-order valence-corrected chi connectivity index (χ3v) is 5.79. The van der Waals surface area contributed by atoms with E-state index in [2.05, 4.69) is 46.1 Å². The van der Waals surface area contributed by atoms with Crippen molar-refractivity contribution in [3.05, 3.63) is 74.1 Å². The van der Waals surface area contributed by atoms with E-state index < -0.39 is 0 Å². The van der Waals surface area contributed by atoms with E-state index in [0.29, 0.717) is 0 Å². The number of halogens is 1. The van der Waals surface area contributed by atoms with Crippen LogP contribution < -0.4 is 5.01 Å². The second kappa shape index (κ2) is 5.88. The van der Waals surface area contributed by atoms with Crippen LogP contribution in [0, 0.1) is 0 Å². The summed E-state index contributed by atoms with van der Waals surface area (Å²) in [5.41, 5.74) is 2.19. The lowest BCUT2D eigenvalue weighted by molar-refractivity contribution is 0.722. The lowest BCUT2D eigenvalue weighted by Gasteiger charge is -2.22. The van der Waals surface area contributed by atoms with E-state index in [-0.39, 0.29) is 6.04 Å². The fourth-order valence-corrected chi connectivity index (χ4v) is 4.38. The highest BCUT2D eigenvalue weighted by molar-refractivity contribution is 7.12. The number of benzene rings is 1. The first-order chi connectivity index (χ1) is 10.8. The monoisotopic (exact) mass is 344 g/mol. The Hall–Kier alpha value is -1.62. The Morgan fingerprint density at radius 1 is 1.05 bits per heavy atom. The fourth-order valence-electron chi connectivity index (χ4n) is 2.66. The molecule has 1 atom stereocenters. The van der Waals surface area contributed by atoms with Crippen molar-refractivity contribution in [2.75, 3.05) is 5.01 Å². The first-order valence-corrected chi connectivity index (χ1v) is 9.14. The second-order valence-corrected chi connectivity index (χ2v) is 7.45. The molecule has 3 heterocycles. The van der Waals surface area contributed by atoms with Gasteiger partial charge in [0, 0.05) is 16.3 Å². The highest BCUT2D eigenvalue weighted by Crippen LogP contribution is 2.39. The Kier molecular flexibility index (Phi) is 3.74. The number of hydrogen-bond acceptors (Lipinski definition) is 4. The molecule has 1 aliphatic rings. The largest absolute Gasteiger partial charge is 0.256 e. The molecule has 0 N–H and O–H groups in total. The summed E-state index contributed by atoms with van der Waals surface area (Å²) in [5, 5.41) is 11.9. The molecular formula is C17H13ClN2S2. The first-order valence-electron chi connectivity index (χ1n) is 7.01. The van der Waals surface area contributed by atoms with Gasteiger partial charge in [0.15, 0.2) is 0 Å². The van der Waals surface area contributed by atoms with Crippen molar-refractivity contribution in [3.63, 3.8) is 0 Å². The Balaban J connectivity index is 1.76. The van der Waals surface area contributed by atoms with Gasteiger partial charge in [0.05, 0.1) is 22.3 Å². The minimum absolute atomic E-state index is 0.246. The summed E-state index contributed by atoms with van der Waals surface area (Å²) in [6.07, 6.45) is 0.924. The number of hydrogen-bond donors (Lipinski definition) is 0. The van der Waals surface area contributed by atoms with Crippen molar-refractivity contribution in [3.8, 4) is 0 Å². The summed E-state index contributed by atoms with van der Waals surface area (Å²) < 4.78 is 0. The fraction of sp³-hybridized carbons (Fsp3) is 0.118. The lowest BCUT2D eigenvalue weighted by Crippen LogP contribution is -2.17. The van der Waals surface area contributed by atoms with E-state index in [1.54, 1.807) is 22.7 Å². The minimum Gasteiger partial charge on any atom is -0.256 e. The summed E-state index contributed by atoms with van der Waals surface area (Å²) in [6.45, 7) is 0. The maximum atomic E-state index is 6.16. The molecule has 0 saturated carbocycles. The van der Waals surface area contributed by atoms with Crippen LogP contribution in [0.4, 0.5) is 5.69 Å². The normalized spacial score (nSPS) is 17.8. The van der Waals surface area contributed by atoms with Crippen molar-refractivity contribution < 1.29 is 0 Å². The molecule has 2 aromatic heterocycles. The quantitative estimate of drug-likeness (QED) is 0.584. The number of thiophene rings is 2. The third kappa shape index (κ3) is 2.58. The topological polar surface area (TPSA) is 15.6 Å². The highest BCUT2D eigenvalue weighted by Gasteiger charge is 2.30. The molecule has 0 spiro atoms. The number of rotatable bonds is 3. The van der Waals surface area contributed by atoms with E-state index in [0.717, 1.165) is 22.8 Å². The molecule has 2 nitrogen and oxygen atoms in total. The lowest BCUT2D eigenvalue weighted by atomic mass is 10.1.